The molecule has 1 heterocycles. The van der Waals surface area contributed by atoms with Gasteiger partial charge in [0.25, 0.3) is 0 Å². The first-order chi connectivity index (χ1) is 6.09. The number of furan rings is 1. The summed E-state index contributed by atoms with van der Waals surface area (Å²) in [4.78, 5) is 0. The van der Waals surface area contributed by atoms with Crippen LogP contribution < -0.4 is 5.73 Å². The van der Waals surface area contributed by atoms with Crippen molar-refractivity contribution in [1.82, 2.24) is 0 Å². The number of hydrogen-bond acceptors (Lipinski definition) is 2. The Morgan fingerprint density at radius 3 is 2.54 bits per heavy atom. The first-order valence-corrected chi connectivity index (χ1v) is 4.35. The van der Waals surface area contributed by atoms with Gasteiger partial charge in [-0.05, 0) is 44.0 Å². The molecule has 0 atom stereocenters. The minimum atomic E-state index is 0.839. The van der Waals surface area contributed by atoms with Crippen molar-refractivity contribution >= 4 is 16.7 Å². The zero-order chi connectivity index (χ0) is 9.59. The van der Waals surface area contributed by atoms with E-state index < -0.39 is 0 Å². The molecule has 0 saturated heterocycles. The molecule has 0 aliphatic rings. The Labute approximate surface area is 77.3 Å². The zero-order valence-electron chi connectivity index (χ0n) is 8.14. The van der Waals surface area contributed by atoms with E-state index in [9.17, 15) is 0 Å². The second-order valence-electron chi connectivity index (χ2n) is 3.51. The minimum Gasteiger partial charge on any atom is -0.461 e. The number of nitrogens with two attached hydrogens (primary N) is 1. The van der Waals surface area contributed by atoms with Crippen molar-refractivity contribution in [2.75, 3.05) is 5.73 Å². The summed E-state index contributed by atoms with van der Waals surface area (Å²) in [6, 6.07) is 3.99. The van der Waals surface area contributed by atoms with Gasteiger partial charge in [-0.1, -0.05) is 0 Å². The predicted octanol–water partition coefficient (Wildman–Crippen LogP) is 2.94. The molecule has 0 aliphatic heterocycles. The van der Waals surface area contributed by atoms with Gasteiger partial charge in [0.05, 0.1) is 0 Å². The summed E-state index contributed by atoms with van der Waals surface area (Å²) in [6.07, 6.45) is 0. The van der Waals surface area contributed by atoms with Gasteiger partial charge in [-0.15, -0.1) is 0 Å². The molecule has 2 N–H and O–H groups in total. The molecule has 0 bridgehead atoms. The van der Waals surface area contributed by atoms with Crippen LogP contribution in [0, 0.1) is 20.8 Å². The van der Waals surface area contributed by atoms with E-state index in [1.54, 1.807) is 0 Å². The second kappa shape index (κ2) is 2.52. The van der Waals surface area contributed by atoms with E-state index >= 15 is 0 Å². The Morgan fingerprint density at radius 1 is 1.15 bits per heavy atom. The lowest BCUT2D eigenvalue weighted by molar-refractivity contribution is 0.576. The quantitative estimate of drug-likeness (QED) is 0.625. The highest BCUT2D eigenvalue weighted by atomic mass is 16.3. The van der Waals surface area contributed by atoms with Crippen molar-refractivity contribution in [3.8, 4) is 0 Å². The molecule has 0 radical (unpaired) electrons. The SMILES string of the molecule is Cc1cc2c(C)c(N)cc(C)c2o1. The zero-order valence-corrected chi connectivity index (χ0v) is 8.14. The lowest BCUT2D eigenvalue weighted by Gasteiger charge is -2.02. The molecule has 0 amide bonds. The van der Waals surface area contributed by atoms with Crippen molar-refractivity contribution in [2.24, 2.45) is 0 Å². The number of fused-ring (bicyclic) bond motifs is 1. The Morgan fingerprint density at radius 2 is 1.85 bits per heavy atom. The van der Waals surface area contributed by atoms with Gasteiger partial charge < -0.3 is 10.2 Å². The molecule has 13 heavy (non-hydrogen) atoms. The summed E-state index contributed by atoms with van der Waals surface area (Å²) in [5.74, 6) is 0.937. The topological polar surface area (TPSA) is 39.2 Å². The number of aryl methyl sites for hydroxylation is 3. The van der Waals surface area contributed by atoms with Crippen LogP contribution in [0.2, 0.25) is 0 Å². The number of rotatable bonds is 0. The van der Waals surface area contributed by atoms with Gasteiger partial charge in [-0.2, -0.15) is 0 Å². The normalized spacial score (nSPS) is 11.0. The minimum absolute atomic E-state index is 0.839. The molecule has 0 fully saturated rings. The average Bonchev–Trinajstić information content (AvgIpc) is 2.44. The maximum Gasteiger partial charge on any atom is 0.137 e. The van der Waals surface area contributed by atoms with Crippen LogP contribution in [0.25, 0.3) is 11.0 Å². The molecular formula is C11H13NO. The molecular weight excluding hydrogens is 162 g/mol. The number of anilines is 1. The van der Waals surface area contributed by atoms with E-state index in [4.69, 9.17) is 10.2 Å². The van der Waals surface area contributed by atoms with Gasteiger partial charge in [0.1, 0.15) is 11.3 Å². The fraction of sp³-hybridized carbons (Fsp3) is 0.273. The third-order valence-electron chi connectivity index (χ3n) is 2.42. The van der Waals surface area contributed by atoms with E-state index in [-0.39, 0.29) is 0 Å². The van der Waals surface area contributed by atoms with Gasteiger partial charge in [0.15, 0.2) is 0 Å². The molecule has 1 aromatic carbocycles. The van der Waals surface area contributed by atoms with Crippen LogP contribution in [-0.4, -0.2) is 0 Å². The second-order valence-corrected chi connectivity index (χ2v) is 3.51. The Kier molecular flexibility index (Phi) is 1.59. The molecule has 0 aliphatic carbocycles. The third kappa shape index (κ3) is 1.10. The number of benzene rings is 1. The maximum absolute atomic E-state index is 5.85. The van der Waals surface area contributed by atoms with Crippen LogP contribution >= 0.6 is 0 Å². The fourth-order valence-corrected chi connectivity index (χ4v) is 1.65. The van der Waals surface area contributed by atoms with E-state index in [1.807, 2.05) is 32.9 Å². The summed E-state index contributed by atoms with van der Waals surface area (Å²) in [7, 11) is 0. The van der Waals surface area contributed by atoms with Crippen molar-refractivity contribution < 1.29 is 4.42 Å². The molecule has 1 aromatic heterocycles. The average molecular weight is 175 g/mol. The Balaban J connectivity index is 2.95. The van der Waals surface area contributed by atoms with Crippen LogP contribution in [0.3, 0.4) is 0 Å². The molecule has 2 nitrogen and oxygen atoms in total. The molecule has 2 heteroatoms. The first-order valence-electron chi connectivity index (χ1n) is 4.35. The van der Waals surface area contributed by atoms with E-state index in [2.05, 4.69) is 0 Å². The molecule has 68 valence electrons. The standard InChI is InChI=1S/C11H13NO/c1-6-4-10(12)8(3)9-5-7(2)13-11(6)9/h4-5H,12H2,1-3H3. The summed E-state index contributed by atoms with van der Waals surface area (Å²) in [6.45, 7) is 5.99. The van der Waals surface area contributed by atoms with E-state index in [1.165, 1.54) is 0 Å². The van der Waals surface area contributed by atoms with Crippen LogP contribution in [-0.2, 0) is 0 Å². The van der Waals surface area contributed by atoms with Crippen molar-refractivity contribution in [3.63, 3.8) is 0 Å². The summed E-state index contributed by atoms with van der Waals surface area (Å²) in [5, 5.41) is 1.13. The summed E-state index contributed by atoms with van der Waals surface area (Å²) >= 11 is 0. The van der Waals surface area contributed by atoms with Crippen LogP contribution in [0.1, 0.15) is 16.9 Å². The van der Waals surface area contributed by atoms with Crippen molar-refractivity contribution in [3.05, 3.63) is 29.0 Å². The molecule has 0 spiro atoms. The molecule has 2 rings (SSSR count). The fourth-order valence-electron chi connectivity index (χ4n) is 1.65. The summed E-state index contributed by atoms with van der Waals surface area (Å²) < 4.78 is 5.58. The van der Waals surface area contributed by atoms with Gasteiger partial charge >= 0.3 is 0 Å². The van der Waals surface area contributed by atoms with Crippen molar-refractivity contribution in [2.45, 2.75) is 20.8 Å². The van der Waals surface area contributed by atoms with Crippen molar-refractivity contribution in [1.29, 1.82) is 0 Å². The smallest absolute Gasteiger partial charge is 0.137 e. The monoisotopic (exact) mass is 175 g/mol. The summed E-state index contributed by atoms with van der Waals surface area (Å²) in [5.41, 5.74) is 9.87. The molecule has 0 saturated carbocycles. The van der Waals surface area contributed by atoms with E-state index in [0.29, 0.717) is 0 Å². The maximum atomic E-state index is 5.85. The number of hydrogen-bond donors (Lipinski definition) is 1. The van der Waals surface area contributed by atoms with Crippen LogP contribution in [0.15, 0.2) is 16.5 Å². The Hall–Kier alpha value is -1.44. The lowest BCUT2D eigenvalue weighted by Crippen LogP contribution is -1.90. The van der Waals surface area contributed by atoms with Gasteiger partial charge in [-0.25, -0.2) is 0 Å². The van der Waals surface area contributed by atoms with Gasteiger partial charge in [0, 0.05) is 11.1 Å². The Bertz CT molecular complexity index is 468. The van der Waals surface area contributed by atoms with Crippen LogP contribution in [0.4, 0.5) is 5.69 Å². The predicted molar refractivity (Wildman–Crippen MR) is 54.8 cm³/mol. The molecule has 2 aromatic rings. The largest absolute Gasteiger partial charge is 0.461 e. The van der Waals surface area contributed by atoms with Gasteiger partial charge in [-0.3, -0.25) is 0 Å². The first kappa shape index (κ1) is 8.17. The molecule has 0 unspecified atom stereocenters. The third-order valence-corrected chi connectivity index (χ3v) is 2.42. The highest BCUT2D eigenvalue weighted by Gasteiger charge is 2.08. The highest BCUT2D eigenvalue weighted by Crippen LogP contribution is 2.29. The lowest BCUT2D eigenvalue weighted by atomic mass is 10.1. The van der Waals surface area contributed by atoms with Crippen LogP contribution in [0.5, 0.6) is 0 Å². The highest BCUT2D eigenvalue weighted by molar-refractivity contribution is 5.88. The van der Waals surface area contributed by atoms with Gasteiger partial charge in [0.2, 0.25) is 0 Å². The number of nitrogen functional groups attached to an aromatic ring is 1. The van der Waals surface area contributed by atoms with E-state index in [0.717, 1.165) is 33.5 Å².